The average Bonchev–Trinajstić information content (AvgIpc) is 2.16. The standard InChI is InChI=1S/C10H12O2/c1-2-9(11)8-12-10-6-4-3-5-7-10/h3-7H,2,8H2,1H3. The van der Waals surface area contributed by atoms with Crippen molar-refractivity contribution in [2.45, 2.75) is 13.3 Å². The fourth-order valence-electron chi connectivity index (χ4n) is 0.783. The first-order chi connectivity index (χ1) is 5.83. The van der Waals surface area contributed by atoms with Crippen LogP contribution in [0.15, 0.2) is 30.3 Å². The van der Waals surface area contributed by atoms with E-state index in [-0.39, 0.29) is 12.4 Å². The van der Waals surface area contributed by atoms with E-state index in [0.29, 0.717) is 6.42 Å². The highest BCUT2D eigenvalue weighted by Gasteiger charge is 1.97. The summed E-state index contributed by atoms with van der Waals surface area (Å²) >= 11 is 0. The van der Waals surface area contributed by atoms with Crippen LogP contribution in [0.2, 0.25) is 0 Å². The van der Waals surface area contributed by atoms with Crippen molar-refractivity contribution in [2.24, 2.45) is 0 Å². The Morgan fingerprint density at radius 2 is 2.00 bits per heavy atom. The second kappa shape index (κ2) is 4.54. The molecule has 1 aromatic rings. The van der Waals surface area contributed by atoms with E-state index < -0.39 is 0 Å². The van der Waals surface area contributed by atoms with Gasteiger partial charge < -0.3 is 4.74 Å². The number of hydrogen-bond acceptors (Lipinski definition) is 2. The van der Waals surface area contributed by atoms with Crippen molar-refractivity contribution in [2.75, 3.05) is 6.61 Å². The maximum absolute atomic E-state index is 10.9. The quantitative estimate of drug-likeness (QED) is 0.680. The Morgan fingerprint density at radius 3 is 2.58 bits per heavy atom. The van der Waals surface area contributed by atoms with E-state index in [1.165, 1.54) is 0 Å². The second-order valence-electron chi connectivity index (χ2n) is 2.49. The Kier molecular flexibility index (Phi) is 3.33. The molecule has 0 aliphatic carbocycles. The lowest BCUT2D eigenvalue weighted by Crippen LogP contribution is -2.09. The zero-order chi connectivity index (χ0) is 8.81. The fourth-order valence-corrected chi connectivity index (χ4v) is 0.783. The molecule has 2 heteroatoms. The Balaban J connectivity index is 2.38. The van der Waals surface area contributed by atoms with Crippen molar-refractivity contribution in [1.29, 1.82) is 0 Å². The van der Waals surface area contributed by atoms with E-state index in [9.17, 15) is 4.79 Å². The molecule has 1 rings (SSSR count). The molecule has 64 valence electrons. The predicted molar refractivity (Wildman–Crippen MR) is 47.2 cm³/mol. The number of carbonyl (C=O) groups is 1. The zero-order valence-electron chi connectivity index (χ0n) is 7.12. The highest BCUT2D eigenvalue weighted by Crippen LogP contribution is 2.07. The van der Waals surface area contributed by atoms with E-state index >= 15 is 0 Å². The fraction of sp³-hybridized carbons (Fsp3) is 0.300. The van der Waals surface area contributed by atoms with Gasteiger partial charge in [-0.25, -0.2) is 0 Å². The molecule has 0 aliphatic heterocycles. The normalized spacial score (nSPS) is 9.42. The van der Waals surface area contributed by atoms with E-state index in [2.05, 4.69) is 0 Å². The molecule has 0 fully saturated rings. The van der Waals surface area contributed by atoms with E-state index in [0.717, 1.165) is 5.75 Å². The first-order valence-corrected chi connectivity index (χ1v) is 4.02. The molecule has 0 unspecified atom stereocenters. The summed E-state index contributed by atoms with van der Waals surface area (Å²) in [5.41, 5.74) is 0. The predicted octanol–water partition coefficient (Wildman–Crippen LogP) is 2.04. The lowest BCUT2D eigenvalue weighted by Gasteiger charge is -2.02. The molecule has 0 atom stereocenters. The molecule has 0 bridgehead atoms. The molecule has 12 heavy (non-hydrogen) atoms. The van der Waals surface area contributed by atoms with Crippen LogP contribution in [0.25, 0.3) is 0 Å². The summed E-state index contributed by atoms with van der Waals surface area (Å²) in [5.74, 6) is 0.873. The van der Waals surface area contributed by atoms with Gasteiger partial charge >= 0.3 is 0 Å². The highest BCUT2D eigenvalue weighted by atomic mass is 16.5. The molecule has 0 saturated heterocycles. The third-order valence-corrected chi connectivity index (χ3v) is 1.54. The zero-order valence-corrected chi connectivity index (χ0v) is 7.12. The molecule has 0 saturated carbocycles. The molecule has 2 nitrogen and oxygen atoms in total. The topological polar surface area (TPSA) is 26.3 Å². The van der Waals surface area contributed by atoms with Crippen LogP contribution in [-0.4, -0.2) is 12.4 Å². The van der Waals surface area contributed by atoms with Gasteiger partial charge in [-0.15, -0.1) is 0 Å². The molecule has 1 aromatic carbocycles. The maximum Gasteiger partial charge on any atom is 0.169 e. The summed E-state index contributed by atoms with van der Waals surface area (Å²) in [6.45, 7) is 2.01. The Labute approximate surface area is 72.2 Å². The van der Waals surface area contributed by atoms with Crippen molar-refractivity contribution in [1.82, 2.24) is 0 Å². The number of ketones is 1. The Bertz CT molecular complexity index is 241. The summed E-state index contributed by atoms with van der Waals surface area (Å²) in [6.07, 6.45) is 0.535. The summed E-state index contributed by atoms with van der Waals surface area (Å²) in [7, 11) is 0. The molecule has 0 N–H and O–H groups in total. The van der Waals surface area contributed by atoms with Crippen LogP contribution >= 0.6 is 0 Å². The highest BCUT2D eigenvalue weighted by molar-refractivity contribution is 5.79. The van der Waals surface area contributed by atoms with Crippen LogP contribution in [0.1, 0.15) is 13.3 Å². The van der Waals surface area contributed by atoms with Crippen molar-refractivity contribution in [3.05, 3.63) is 30.3 Å². The van der Waals surface area contributed by atoms with Gasteiger partial charge in [-0.2, -0.15) is 0 Å². The van der Waals surface area contributed by atoms with Gasteiger partial charge in [0.1, 0.15) is 12.4 Å². The maximum atomic E-state index is 10.9. The van der Waals surface area contributed by atoms with Gasteiger partial charge in [0, 0.05) is 6.42 Å². The summed E-state index contributed by atoms with van der Waals surface area (Å²) in [6, 6.07) is 9.35. The van der Waals surface area contributed by atoms with Crippen LogP contribution in [0.4, 0.5) is 0 Å². The molecule has 0 aromatic heterocycles. The summed E-state index contributed by atoms with van der Waals surface area (Å²) in [4.78, 5) is 10.9. The van der Waals surface area contributed by atoms with Crippen molar-refractivity contribution < 1.29 is 9.53 Å². The molecular weight excluding hydrogens is 152 g/mol. The Hall–Kier alpha value is -1.31. The van der Waals surface area contributed by atoms with Gasteiger partial charge in [0.2, 0.25) is 0 Å². The molecule has 0 spiro atoms. The van der Waals surface area contributed by atoms with Gasteiger partial charge in [0.25, 0.3) is 0 Å². The summed E-state index contributed by atoms with van der Waals surface area (Å²) in [5, 5.41) is 0. The van der Waals surface area contributed by atoms with E-state index in [1.807, 2.05) is 37.3 Å². The van der Waals surface area contributed by atoms with Crippen LogP contribution in [0, 0.1) is 0 Å². The van der Waals surface area contributed by atoms with Crippen molar-refractivity contribution in [3.8, 4) is 5.75 Å². The Morgan fingerprint density at radius 1 is 1.33 bits per heavy atom. The number of ether oxygens (including phenoxy) is 1. The smallest absolute Gasteiger partial charge is 0.169 e. The minimum absolute atomic E-state index is 0.124. The lowest BCUT2D eigenvalue weighted by molar-refractivity contribution is -0.120. The number of carbonyl (C=O) groups excluding carboxylic acids is 1. The van der Waals surface area contributed by atoms with Gasteiger partial charge in [-0.1, -0.05) is 25.1 Å². The first-order valence-electron chi connectivity index (χ1n) is 4.02. The van der Waals surface area contributed by atoms with Crippen molar-refractivity contribution in [3.63, 3.8) is 0 Å². The third-order valence-electron chi connectivity index (χ3n) is 1.54. The number of hydrogen-bond donors (Lipinski definition) is 0. The summed E-state index contributed by atoms with van der Waals surface area (Å²) < 4.78 is 5.21. The average molecular weight is 164 g/mol. The van der Waals surface area contributed by atoms with Gasteiger partial charge in [0.05, 0.1) is 0 Å². The minimum Gasteiger partial charge on any atom is -0.486 e. The SMILES string of the molecule is CCC(=O)COc1ccccc1. The monoisotopic (exact) mass is 164 g/mol. The van der Waals surface area contributed by atoms with Crippen LogP contribution in [0.3, 0.4) is 0 Å². The van der Waals surface area contributed by atoms with Gasteiger partial charge in [-0.3, -0.25) is 4.79 Å². The third kappa shape index (κ3) is 2.74. The largest absolute Gasteiger partial charge is 0.486 e. The molecule has 0 radical (unpaired) electrons. The number of para-hydroxylation sites is 1. The molecule has 0 amide bonds. The minimum atomic E-state index is 0.124. The van der Waals surface area contributed by atoms with Crippen LogP contribution < -0.4 is 4.74 Å². The van der Waals surface area contributed by atoms with Crippen LogP contribution in [0.5, 0.6) is 5.75 Å². The van der Waals surface area contributed by atoms with Gasteiger partial charge in [0.15, 0.2) is 5.78 Å². The molecule has 0 aliphatic rings. The lowest BCUT2D eigenvalue weighted by atomic mass is 10.3. The first kappa shape index (κ1) is 8.78. The van der Waals surface area contributed by atoms with E-state index in [1.54, 1.807) is 0 Å². The number of benzene rings is 1. The van der Waals surface area contributed by atoms with Crippen LogP contribution in [-0.2, 0) is 4.79 Å². The van der Waals surface area contributed by atoms with Crippen molar-refractivity contribution >= 4 is 5.78 Å². The second-order valence-corrected chi connectivity index (χ2v) is 2.49. The van der Waals surface area contributed by atoms with E-state index in [4.69, 9.17) is 4.74 Å². The molecular formula is C10H12O2. The molecule has 0 heterocycles. The number of rotatable bonds is 4. The number of Topliss-reactive ketones (excluding diaryl/α,β-unsaturated/α-hetero) is 1. The van der Waals surface area contributed by atoms with Gasteiger partial charge in [-0.05, 0) is 12.1 Å².